The van der Waals surface area contributed by atoms with Crippen molar-refractivity contribution in [2.24, 2.45) is 0 Å². The fourth-order valence-corrected chi connectivity index (χ4v) is 1.58. The van der Waals surface area contributed by atoms with Crippen molar-refractivity contribution < 1.29 is 9.53 Å². The second-order valence-corrected chi connectivity index (χ2v) is 4.48. The van der Waals surface area contributed by atoms with Gasteiger partial charge in [-0.15, -0.1) is 0 Å². The van der Waals surface area contributed by atoms with Gasteiger partial charge in [0.25, 0.3) is 0 Å². The Morgan fingerprint density at radius 3 is 2.30 bits per heavy atom. The molecule has 0 unspecified atom stereocenters. The van der Waals surface area contributed by atoms with Crippen molar-refractivity contribution in [3.05, 3.63) is 35.9 Å². The highest BCUT2D eigenvalue weighted by Gasteiger charge is 2.04. The number of hydrogen-bond acceptors (Lipinski definition) is 3. The summed E-state index contributed by atoms with van der Waals surface area (Å²) in [4.78, 5) is 13.2. The number of likely N-dealkylation sites (N-methyl/N-ethyl adjacent to an activating group) is 1. The fraction of sp³-hybridized carbons (Fsp3) is 0.562. The van der Waals surface area contributed by atoms with Gasteiger partial charge in [0.2, 0.25) is 0 Å². The third-order valence-electron chi connectivity index (χ3n) is 2.58. The molecule has 1 aromatic rings. The summed E-state index contributed by atoms with van der Waals surface area (Å²) in [5.41, 5.74) is 1.28. The molecule has 0 aliphatic rings. The molecule has 1 aromatic carbocycles. The summed E-state index contributed by atoms with van der Waals surface area (Å²) in [5, 5.41) is 2.68. The molecular formula is C16H28N2O2. The van der Waals surface area contributed by atoms with Gasteiger partial charge in [-0.3, -0.25) is 4.90 Å². The molecule has 0 radical (unpaired) electrons. The Bertz CT molecular complexity index is 342. The van der Waals surface area contributed by atoms with Gasteiger partial charge in [-0.25, -0.2) is 4.79 Å². The molecule has 0 saturated carbocycles. The Morgan fingerprint density at radius 2 is 1.80 bits per heavy atom. The Balaban J connectivity index is 0.00000110. The average Bonchev–Trinajstić information content (AvgIpc) is 2.47. The number of carbonyl (C=O) groups excluding carboxylic acids is 1. The number of hydrogen-bond donors (Lipinski definition) is 1. The molecule has 1 rings (SSSR count). The molecule has 0 atom stereocenters. The molecule has 0 aliphatic heterocycles. The van der Waals surface area contributed by atoms with E-state index in [4.69, 9.17) is 0 Å². The average molecular weight is 280 g/mol. The number of benzene rings is 1. The van der Waals surface area contributed by atoms with Gasteiger partial charge >= 0.3 is 6.09 Å². The lowest BCUT2D eigenvalue weighted by Gasteiger charge is -2.20. The number of methoxy groups -OCH3 is 1. The lowest BCUT2D eigenvalue weighted by atomic mass is 10.2. The molecule has 0 spiro atoms. The first kappa shape index (κ1) is 18.4. The van der Waals surface area contributed by atoms with Gasteiger partial charge < -0.3 is 10.1 Å². The summed E-state index contributed by atoms with van der Waals surface area (Å²) in [7, 11) is 1.37. The third kappa shape index (κ3) is 9.39. The van der Waals surface area contributed by atoms with Crippen LogP contribution in [-0.2, 0) is 11.3 Å². The highest BCUT2D eigenvalue weighted by Crippen LogP contribution is 2.03. The van der Waals surface area contributed by atoms with Crippen molar-refractivity contribution in [3.8, 4) is 0 Å². The SMILES string of the molecule is CCC.CCN(CCNC(=O)OC)Cc1ccccc1. The maximum absolute atomic E-state index is 10.9. The normalized spacial score (nSPS) is 9.65. The molecule has 114 valence electrons. The van der Waals surface area contributed by atoms with Crippen molar-refractivity contribution in [2.75, 3.05) is 26.7 Å². The minimum atomic E-state index is -0.374. The molecular weight excluding hydrogens is 252 g/mol. The number of nitrogens with one attached hydrogen (secondary N) is 1. The highest BCUT2D eigenvalue weighted by molar-refractivity contribution is 5.66. The first-order valence-electron chi connectivity index (χ1n) is 7.25. The second kappa shape index (κ2) is 12.5. The van der Waals surface area contributed by atoms with Crippen molar-refractivity contribution in [3.63, 3.8) is 0 Å². The second-order valence-electron chi connectivity index (χ2n) is 4.48. The molecule has 20 heavy (non-hydrogen) atoms. The third-order valence-corrected chi connectivity index (χ3v) is 2.58. The molecule has 0 saturated heterocycles. The van der Waals surface area contributed by atoms with Crippen LogP contribution in [0.5, 0.6) is 0 Å². The van der Waals surface area contributed by atoms with E-state index in [0.717, 1.165) is 19.6 Å². The summed E-state index contributed by atoms with van der Waals surface area (Å²) in [6.45, 7) is 9.65. The zero-order chi connectivity index (χ0) is 15.2. The van der Waals surface area contributed by atoms with E-state index in [1.165, 1.54) is 19.1 Å². The minimum absolute atomic E-state index is 0.374. The molecule has 0 aromatic heterocycles. The van der Waals surface area contributed by atoms with Crippen molar-refractivity contribution in [1.29, 1.82) is 0 Å². The largest absolute Gasteiger partial charge is 0.453 e. The van der Waals surface area contributed by atoms with Crippen molar-refractivity contribution >= 4 is 6.09 Å². The van der Waals surface area contributed by atoms with Gasteiger partial charge in [-0.2, -0.15) is 0 Å². The fourth-order valence-electron chi connectivity index (χ4n) is 1.58. The van der Waals surface area contributed by atoms with Crippen molar-refractivity contribution in [2.45, 2.75) is 33.7 Å². The van der Waals surface area contributed by atoms with Crippen LogP contribution in [0.3, 0.4) is 0 Å². The maximum atomic E-state index is 10.9. The topological polar surface area (TPSA) is 41.6 Å². The number of amides is 1. The summed E-state index contributed by atoms with van der Waals surface area (Å²) < 4.78 is 4.52. The Morgan fingerprint density at radius 1 is 1.20 bits per heavy atom. The van der Waals surface area contributed by atoms with E-state index in [1.807, 2.05) is 18.2 Å². The highest BCUT2D eigenvalue weighted by atomic mass is 16.5. The lowest BCUT2D eigenvalue weighted by Crippen LogP contribution is -2.34. The van der Waals surface area contributed by atoms with Gasteiger partial charge in [-0.05, 0) is 12.1 Å². The standard InChI is InChI=1S/C13H20N2O2.C3H8/c1-3-15(10-9-14-13(16)17-2)11-12-7-5-4-6-8-12;1-3-2/h4-8H,3,9-11H2,1-2H3,(H,14,16);3H2,1-2H3. The van der Waals surface area contributed by atoms with E-state index in [0.29, 0.717) is 6.54 Å². The van der Waals surface area contributed by atoms with Gasteiger partial charge in [0.15, 0.2) is 0 Å². The van der Waals surface area contributed by atoms with E-state index >= 15 is 0 Å². The van der Waals surface area contributed by atoms with Gasteiger partial charge in [0.05, 0.1) is 7.11 Å². The minimum Gasteiger partial charge on any atom is -0.453 e. The predicted molar refractivity (Wildman–Crippen MR) is 83.8 cm³/mol. The summed E-state index contributed by atoms with van der Waals surface area (Å²) in [5.74, 6) is 0. The predicted octanol–water partition coefficient (Wildman–Crippen LogP) is 3.28. The summed E-state index contributed by atoms with van der Waals surface area (Å²) in [6, 6.07) is 10.3. The van der Waals surface area contributed by atoms with Crippen LogP contribution < -0.4 is 5.32 Å². The zero-order valence-electron chi connectivity index (χ0n) is 13.2. The van der Waals surface area contributed by atoms with E-state index < -0.39 is 0 Å². The first-order chi connectivity index (χ1) is 9.67. The number of nitrogens with zero attached hydrogens (tertiary/aromatic N) is 1. The molecule has 4 heteroatoms. The van der Waals surface area contributed by atoms with Crippen LogP contribution in [0, 0.1) is 0 Å². The number of ether oxygens (including phenoxy) is 1. The van der Waals surface area contributed by atoms with Crippen molar-refractivity contribution in [1.82, 2.24) is 10.2 Å². The van der Waals surface area contributed by atoms with Gasteiger partial charge in [-0.1, -0.05) is 57.5 Å². The van der Waals surface area contributed by atoms with Crippen LogP contribution in [0.2, 0.25) is 0 Å². The Labute approximate surface area is 123 Å². The van der Waals surface area contributed by atoms with Crippen LogP contribution in [0.15, 0.2) is 30.3 Å². The van der Waals surface area contributed by atoms with Gasteiger partial charge in [0.1, 0.15) is 0 Å². The van der Waals surface area contributed by atoms with Gasteiger partial charge in [0, 0.05) is 19.6 Å². The quantitative estimate of drug-likeness (QED) is 0.869. The zero-order valence-corrected chi connectivity index (χ0v) is 13.2. The lowest BCUT2D eigenvalue weighted by molar-refractivity contribution is 0.168. The number of alkyl carbamates (subject to hydrolysis) is 1. The molecule has 0 fully saturated rings. The Kier molecular flexibility index (Phi) is 11.5. The summed E-state index contributed by atoms with van der Waals surface area (Å²) >= 11 is 0. The van der Waals surface area contributed by atoms with E-state index in [9.17, 15) is 4.79 Å². The molecule has 0 heterocycles. The maximum Gasteiger partial charge on any atom is 0.406 e. The molecule has 0 aliphatic carbocycles. The first-order valence-corrected chi connectivity index (χ1v) is 7.25. The van der Waals surface area contributed by atoms with E-state index in [-0.39, 0.29) is 6.09 Å². The number of carbonyl (C=O) groups is 1. The van der Waals surface area contributed by atoms with Crippen LogP contribution in [0.1, 0.15) is 32.8 Å². The number of rotatable bonds is 6. The van der Waals surface area contributed by atoms with E-state index in [1.54, 1.807) is 0 Å². The van der Waals surface area contributed by atoms with E-state index in [2.05, 4.69) is 47.9 Å². The molecule has 4 nitrogen and oxygen atoms in total. The molecule has 1 amide bonds. The molecule has 0 bridgehead atoms. The van der Waals surface area contributed by atoms with Crippen LogP contribution in [-0.4, -0.2) is 37.7 Å². The monoisotopic (exact) mass is 280 g/mol. The molecule has 1 N–H and O–H groups in total. The van der Waals surface area contributed by atoms with Crippen LogP contribution in [0.4, 0.5) is 4.79 Å². The van der Waals surface area contributed by atoms with Crippen LogP contribution >= 0.6 is 0 Å². The summed E-state index contributed by atoms with van der Waals surface area (Å²) in [6.07, 6.45) is 0.876. The van der Waals surface area contributed by atoms with Crippen LogP contribution in [0.25, 0.3) is 0 Å². The Hall–Kier alpha value is -1.55. The smallest absolute Gasteiger partial charge is 0.406 e.